The summed E-state index contributed by atoms with van der Waals surface area (Å²) < 4.78 is 76.9. The second-order valence-corrected chi connectivity index (χ2v) is 3.14. The van der Waals surface area contributed by atoms with Gasteiger partial charge in [-0.3, -0.25) is 0 Å². The van der Waals surface area contributed by atoms with Crippen LogP contribution < -0.4 is 10.5 Å². The molecule has 0 aliphatic heterocycles. The summed E-state index contributed by atoms with van der Waals surface area (Å²) in [5.74, 6) is -0.615. The van der Waals surface area contributed by atoms with Crippen LogP contribution in [0.5, 0.6) is 5.75 Å². The number of hydrogen-bond donors (Lipinski definition) is 1. The third kappa shape index (κ3) is 3.43. The maximum Gasteiger partial charge on any atom is 0.439 e. The van der Waals surface area contributed by atoms with Crippen molar-refractivity contribution in [3.8, 4) is 5.75 Å². The number of alkyl halides is 6. The Morgan fingerprint density at radius 1 is 1.00 bits per heavy atom. The summed E-state index contributed by atoms with van der Waals surface area (Å²) in [6, 6.07) is 4.08. The molecule has 0 aliphatic rings. The Morgan fingerprint density at radius 2 is 1.47 bits per heavy atom. The minimum atomic E-state index is -5.70. The van der Waals surface area contributed by atoms with E-state index in [4.69, 9.17) is 5.73 Å². The van der Waals surface area contributed by atoms with Crippen LogP contribution in [0, 0.1) is 0 Å². The van der Waals surface area contributed by atoms with Gasteiger partial charge in [-0.05, 0) is 24.3 Å². The second-order valence-electron chi connectivity index (χ2n) is 3.14. The predicted octanol–water partition coefficient (Wildman–Crippen LogP) is 3.14. The predicted molar refractivity (Wildman–Crippen MR) is 47.4 cm³/mol. The van der Waals surface area contributed by atoms with Gasteiger partial charge >= 0.3 is 12.3 Å². The summed E-state index contributed by atoms with van der Waals surface area (Å²) in [6.07, 6.45) is -15.1. The van der Waals surface area contributed by atoms with Gasteiger partial charge < -0.3 is 10.5 Å². The largest absolute Gasteiger partial charge is 0.439 e. The fraction of sp³-hybridized carbons (Fsp3) is 0.333. The number of anilines is 1. The highest BCUT2D eigenvalue weighted by molar-refractivity contribution is 5.41. The number of benzene rings is 1. The van der Waals surface area contributed by atoms with E-state index in [1.54, 1.807) is 0 Å². The van der Waals surface area contributed by atoms with E-state index < -0.39 is 24.2 Å². The van der Waals surface area contributed by atoms with Gasteiger partial charge in [0.25, 0.3) is 6.17 Å². The van der Waals surface area contributed by atoms with Crippen molar-refractivity contribution in [3.63, 3.8) is 0 Å². The molecule has 0 bridgehead atoms. The van der Waals surface area contributed by atoms with Crippen LogP contribution in [0.4, 0.5) is 32.0 Å². The van der Waals surface area contributed by atoms with Crippen LogP contribution in [0.15, 0.2) is 24.3 Å². The van der Waals surface area contributed by atoms with E-state index in [9.17, 15) is 26.3 Å². The molecule has 0 heterocycles. The minimum Gasteiger partial charge on any atom is -0.430 e. The Hall–Kier alpha value is -1.60. The van der Waals surface area contributed by atoms with Crippen LogP contribution in [-0.2, 0) is 0 Å². The van der Waals surface area contributed by atoms with Crippen molar-refractivity contribution >= 4 is 5.69 Å². The van der Waals surface area contributed by atoms with Gasteiger partial charge in [-0.1, -0.05) is 0 Å². The van der Waals surface area contributed by atoms with E-state index in [-0.39, 0.29) is 5.69 Å². The van der Waals surface area contributed by atoms with Crippen LogP contribution in [0.1, 0.15) is 0 Å². The molecule has 1 atom stereocenters. The van der Waals surface area contributed by atoms with Crippen molar-refractivity contribution in [2.24, 2.45) is 0 Å². The summed E-state index contributed by atoms with van der Waals surface area (Å²) in [4.78, 5) is 0. The molecule has 2 N–H and O–H groups in total. The first-order valence-corrected chi connectivity index (χ1v) is 4.26. The molecule has 0 spiro atoms. The highest BCUT2D eigenvalue weighted by atomic mass is 19.4. The maximum atomic E-state index is 12.8. The molecule has 8 heteroatoms. The van der Waals surface area contributed by atoms with Crippen molar-refractivity contribution in [3.05, 3.63) is 24.3 Å². The molecular formula is C9H7F6NO. The fourth-order valence-corrected chi connectivity index (χ4v) is 0.935. The van der Waals surface area contributed by atoms with Gasteiger partial charge in [0.1, 0.15) is 5.75 Å². The number of nitrogen functional groups attached to an aromatic ring is 1. The van der Waals surface area contributed by atoms with E-state index >= 15 is 0 Å². The molecule has 2 nitrogen and oxygen atoms in total. The molecular weight excluding hydrogens is 252 g/mol. The lowest BCUT2D eigenvalue weighted by molar-refractivity contribution is -0.304. The Morgan fingerprint density at radius 3 is 1.88 bits per heavy atom. The number of hydrogen-bond acceptors (Lipinski definition) is 2. The van der Waals surface area contributed by atoms with Crippen molar-refractivity contribution in [1.82, 2.24) is 0 Å². The van der Waals surface area contributed by atoms with Gasteiger partial charge in [0.2, 0.25) is 0 Å². The van der Waals surface area contributed by atoms with Crippen molar-refractivity contribution in [2.75, 3.05) is 5.73 Å². The van der Waals surface area contributed by atoms with Crippen molar-refractivity contribution in [2.45, 2.75) is 18.5 Å². The highest BCUT2D eigenvalue weighted by Gasteiger charge is 2.59. The molecule has 17 heavy (non-hydrogen) atoms. The molecule has 0 saturated carbocycles. The summed E-state index contributed by atoms with van der Waals surface area (Å²) in [6.45, 7) is 0. The zero-order valence-electron chi connectivity index (χ0n) is 8.14. The lowest BCUT2D eigenvalue weighted by Crippen LogP contribution is -2.45. The first-order valence-electron chi connectivity index (χ1n) is 4.26. The molecule has 96 valence electrons. The lowest BCUT2D eigenvalue weighted by atomic mass is 10.3. The minimum absolute atomic E-state index is 0.202. The number of nitrogens with two attached hydrogens (primary N) is 1. The van der Waals surface area contributed by atoms with E-state index in [1.807, 2.05) is 0 Å². The average Bonchev–Trinajstić information content (AvgIpc) is 2.19. The Balaban J connectivity index is 2.82. The molecule has 1 aromatic carbocycles. The smallest absolute Gasteiger partial charge is 0.430 e. The van der Waals surface area contributed by atoms with Crippen LogP contribution >= 0.6 is 0 Å². The highest BCUT2D eigenvalue weighted by Crippen LogP contribution is 2.36. The molecule has 0 unspecified atom stereocenters. The van der Waals surface area contributed by atoms with Gasteiger partial charge in [-0.2, -0.15) is 22.0 Å². The van der Waals surface area contributed by atoms with E-state index in [0.29, 0.717) is 0 Å². The first-order chi connectivity index (χ1) is 7.63. The van der Waals surface area contributed by atoms with Gasteiger partial charge in [0, 0.05) is 5.69 Å². The summed E-state index contributed by atoms with van der Waals surface area (Å²) in [5, 5.41) is 0. The van der Waals surface area contributed by atoms with Crippen LogP contribution in [0.2, 0.25) is 0 Å². The van der Waals surface area contributed by atoms with Gasteiger partial charge in [-0.15, -0.1) is 0 Å². The Kier molecular flexibility index (Phi) is 3.44. The fourth-order valence-electron chi connectivity index (χ4n) is 0.935. The molecule has 0 amide bonds. The lowest BCUT2D eigenvalue weighted by Gasteiger charge is -2.23. The maximum absolute atomic E-state index is 12.8. The van der Waals surface area contributed by atoms with Crippen molar-refractivity contribution < 1.29 is 31.1 Å². The monoisotopic (exact) mass is 259 g/mol. The molecule has 1 rings (SSSR count). The average molecular weight is 259 g/mol. The number of rotatable bonds is 3. The van der Waals surface area contributed by atoms with Crippen LogP contribution in [0.25, 0.3) is 0 Å². The topological polar surface area (TPSA) is 35.2 Å². The second kappa shape index (κ2) is 4.34. The van der Waals surface area contributed by atoms with Gasteiger partial charge in [0.15, 0.2) is 0 Å². The zero-order chi connectivity index (χ0) is 13.3. The summed E-state index contributed by atoms with van der Waals surface area (Å²) in [7, 11) is 0. The Bertz CT molecular complexity index is 374. The molecule has 1 aromatic rings. The first kappa shape index (κ1) is 13.5. The number of halogens is 6. The SMILES string of the molecule is Nc1ccc(OC(F)(F)[C@@H](F)C(F)(F)F)cc1. The molecule has 0 aromatic heterocycles. The van der Waals surface area contributed by atoms with Crippen LogP contribution in [0.3, 0.4) is 0 Å². The normalized spacial score (nSPS) is 14.5. The van der Waals surface area contributed by atoms with E-state index in [0.717, 1.165) is 24.3 Å². The Labute approximate surface area is 92.0 Å². The zero-order valence-corrected chi connectivity index (χ0v) is 8.14. The third-order valence-electron chi connectivity index (χ3n) is 1.72. The summed E-state index contributed by atoms with van der Waals surface area (Å²) >= 11 is 0. The van der Waals surface area contributed by atoms with E-state index in [1.165, 1.54) is 0 Å². The quantitative estimate of drug-likeness (QED) is 0.668. The van der Waals surface area contributed by atoms with Gasteiger partial charge in [0.05, 0.1) is 0 Å². The third-order valence-corrected chi connectivity index (χ3v) is 1.72. The molecule has 0 aliphatic carbocycles. The standard InChI is InChI=1S/C9H7F6NO/c10-7(8(11,12)13)9(14,15)17-6-3-1-5(16)2-4-6/h1-4,7H,16H2/t7-/m0/s1. The molecule has 0 saturated heterocycles. The van der Waals surface area contributed by atoms with Crippen molar-refractivity contribution in [1.29, 1.82) is 0 Å². The van der Waals surface area contributed by atoms with Gasteiger partial charge in [-0.25, -0.2) is 4.39 Å². The van der Waals surface area contributed by atoms with E-state index in [2.05, 4.69) is 4.74 Å². The van der Waals surface area contributed by atoms with Crippen LogP contribution in [-0.4, -0.2) is 18.5 Å². The summed E-state index contributed by atoms with van der Waals surface area (Å²) in [5.41, 5.74) is 5.42. The molecule has 0 radical (unpaired) electrons. The molecule has 0 fully saturated rings. The number of ether oxygens (including phenoxy) is 1.